The molecule has 0 aliphatic carbocycles. The number of amides is 1. The Kier molecular flexibility index (Phi) is 5.84. The molecule has 136 valence electrons. The zero-order valence-electron chi connectivity index (χ0n) is 14.7. The van der Waals surface area contributed by atoms with Gasteiger partial charge in [0.1, 0.15) is 5.56 Å². The first-order chi connectivity index (χ1) is 13.0. The summed E-state index contributed by atoms with van der Waals surface area (Å²) in [5.41, 5.74) is 4.77. The predicted molar refractivity (Wildman–Crippen MR) is 107 cm³/mol. The van der Waals surface area contributed by atoms with Gasteiger partial charge in [-0.25, -0.2) is 5.43 Å². The molecule has 0 bridgehead atoms. The quantitative estimate of drug-likeness (QED) is 0.543. The molecule has 0 aliphatic heterocycles. The normalized spacial score (nSPS) is 10.9. The lowest BCUT2D eigenvalue weighted by molar-refractivity contribution is 0.0953. The van der Waals surface area contributed by atoms with E-state index in [4.69, 9.17) is 11.6 Å². The Morgan fingerprint density at radius 2 is 1.96 bits per heavy atom. The Hall–Kier alpha value is -3.18. The van der Waals surface area contributed by atoms with Crippen LogP contribution in [0.3, 0.4) is 0 Å². The molecular weight excluding hydrogens is 362 g/mol. The minimum atomic E-state index is -0.558. The first-order valence-electron chi connectivity index (χ1n) is 8.37. The van der Waals surface area contributed by atoms with Crippen molar-refractivity contribution in [2.45, 2.75) is 13.5 Å². The second-order valence-corrected chi connectivity index (χ2v) is 6.47. The molecule has 0 aliphatic rings. The molecule has 3 rings (SSSR count). The molecule has 27 heavy (non-hydrogen) atoms. The number of hydrazone groups is 1. The van der Waals surface area contributed by atoms with Gasteiger partial charge in [-0.15, -0.1) is 0 Å². The van der Waals surface area contributed by atoms with Gasteiger partial charge >= 0.3 is 0 Å². The highest BCUT2D eigenvalue weighted by atomic mass is 35.5. The van der Waals surface area contributed by atoms with Crippen LogP contribution in [0.2, 0.25) is 5.02 Å². The van der Waals surface area contributed by atoms with Gasteiger partial charge in [0.05, 0.1) is 12.8 Å². The van der Waals surface area contributed by atoms with E-state index in [2.05, 4.69) is 10.5 Å². The number of nitrogens with one attached hydrogen (secondary N) is 1. The van der Waals surface area contributed by atoms with Crippen molar-refractivity contribution < 1.29 is 4.79 Å². The van der Waals surface area contributed by atoms with Crippen molar-refractivity contribution in [3.8, 4) is 0 Å². The van der Waals surface area contributed by atoms with Crippen LogP contribution >= 0.6 is 11.6 Å². The maximum atomic E-state index is 12.6. The minimum Gasteiger partial charge on any atom is -0.310 e. The summed E-state index contributed by atoms with van der Waals surface area (Å²) in [6.07, 6.45) is 3.16. The number of carbonyl (C=O) groups is 1. The van der Waals surface area contributed by atoms with Crippen LogP contribution in [0.1, 0.15) is 27.0 Å². The lowest BCUT2D eigenvalue weighted by Crippen LogP contribution is -2.31. The summed E-state index contributed by atoms with van der Waals surface area (Å²) in [5, 5.41) is 4.51. The van der Waals surface area contributed by atoms with E-state index >= 15 is 0 Å². The molecule has 6 heteroatoms. The van der Waals surface area contributed by atoms with Gasteiger partial charge in [-0.3, -0.25) is 9.59 Å². The zero-order chi connectivity index (χ0) is 19.2. The maximum absolute atomic E-state index is 12.6. The van der Waals surface area contributed by atoms with Gasteiger partial charge in [0.2, 0.25) is 0 Å². The number of nitrogens with zero attached hydrogens (tertiary/aromatic N) is 2. The van der Waals surface area contributed by atoms with Gasteiger partial charge in [-0.2, -0.15) is 5.10 Å². The number of carbonyl (C=O) groups excluding carboxylic acids is 1. The number of halogens is 1. The van der Waals surface area contributed by atoms with Gasteiger partial charge in [-0.1, -0.05) is 59.6 Å². The first kappa shape index (κ1) is 18.6. The molecule has 3 aromatic rings. The fourth-order valence-corrected chi connectivity index (χ4v) is 2.82. The van der Waals surface area contributed by atoms with Crippen molar-refractivity contribution in [2.75, 3.05) is 0 Å². The highest BCUT2D eigenvalue weighted by molar-refractivity contribution is 6.31. The summed E-state index contributed by atoms with van der Waals surface area (Å²) in [6, 6.07) is 18.1. The van der Waals surface area contributed by atoms with Gasteiger partial charge in [0, 0.05) is 11.2 Å². The second-order valence-electron chi connectivity index (χ2n) is 6.06. The van der Waals surface area contributed by atoms with Crippen LogP contribution in [0, 0.1) is 6.92 Å². The highest BCUT2D eigenvalue weighted by Crippen LogP contribution is 2.15. The molecule has 0 atom stereocenters. The van der Waals surface area contributed by atoms with Crippen LogP contribution in [0.25, 0.3) is 0 Å². The standard InChI is InChI=1S/C21H18ClN3O2/c1-15-6-4-7-16(12-15)13-23-24-20(26)18-9-5-11-25(21(18)27)14-17-8-2-3-10-19(17)22/h2-13H,14H2,1H3,(H,24,26)/b23-13-. The number of benzene rings is 2. The number of aromatic nitrogens is 1. The van der Waals surface area contributed by atoms with Gasteiger partial charge < -0.3 is 4.57 Å². The zero-order valence-corrected chi connectivity index (χ0v) is 15.5. The van der Waals surface area contributed by atoms with E-state index in [0.29, 0.717) is 5.02 Å². The van der Waals surface area contributed by atoms with E-state index in [9.17, 15) is 9.59 Å². The summed E-state index contributed by atoms with van der Waals surface area (Å²) in [7, 11) is 0. The molecule has 1 aromatic heterocycles. The fourth-order valence-electron chi connectivity index (χ4n) is 2.62. The van der Waals surface area contributed by atoms with Gasteiger partial charge in [0.15, 0.2) is 0 Å². The van der Waals surface area contributed by atoms with E-state index in [0.717, 1.165) is 16.7 Å². The van der Waals surface area contributed by atoms with Crippen molar-refractivity contribution in [3.05, 3.63) is 104 Å². The Labute approximate surface area is 161 Å². The molecule has 0 fully saturated rings. The molecule has 1 amide bonds. The Morgan fingerprint density at radius 3 is 2.74 bits per heavy atom. The first-order valence-corrected chi connectivity index (χ1v) is 8.75. The third kappa shape index (κ3) is 4.71. The van der Waals surface area contributed by atoms with Crippen LogP contribution in [0.4, 0.5) is 0 Å². The monoisotopic (exact) mass is 379 g/mol. The second kappa shape index (κ2) is 8.47. The SMILES string of the molecule is Cc1cccc(/C=N\NC(=O)c2cccn(Cc3ccccc3Cl)c2=O)c1. The summed E-state index contributed by atoms with van der Waals surface area (Å²) >= 11 is 6.15. The smallest absolute Gasteiger partial charge is 0.276 e. The summed E-state index contributed by atoms with van der Waals surface area (Å²) in [4.78, 5) is 24.9. The van der Waals surface area contributed by atoms with Crippen molar-refractivity contribution in [1.29, 1.82) is 0 Å². The van der Waals surface area contributed by atoms with Crippen molar-refractivity contribution in [3.63, 3.8) is 0 Å². The van der Waals surface area contributed by atoms with Crippen LogP contribution < -0.4 is 11.0 Å². The van der Waals surface area contributed by atoms with Crippen molar-refractivity contribution in [1.82, 2.24) is 9.99 Å². The molecule has 2 aromatic carbocycles. The average molecular weight is 380 g/mol. The van der Waals surface area contributed by atoms with Crippen molar-refractivity contribution in [2.24, 2.45) is 5.10 Å². The van der Waals surface area contributed by atoms with E-state index in [1.165, 1.54) is 16.8 Å². The van der Waals surface area contributed by atoms with E-state index in [-0.39, 0.29) is 12.1 Å². The fraction of sp³-hybridized carbons (Fsp3) is 0.0952. The lowest BCUT2D eigenvalue weighted by atomic mass is 10.2. The number of hydrogen-bond donors (Lipinski definition) is 1. The number of rotatable bonds is 5. The Balaban J connectivity index is 1.76. The van der Waals surface area contributed by atoms with E-state index < -0.39 is 11.5 Å². The van der Waals surface area contributed by atoms with Crippen LogP contribution in [-0.2, 0) is 6.54 Å². The largest absolute Gasteiger partial charge is 0.310 e. The van der Waals surface area contributed by atoms with Crippen LogP contribution in [0.15, 0.2) is 76.8 Å². The van der Waals surface area contributed by atoms with Crippen LogP contribution in [-0.4, -0.2) is 16.7 Å². The summed E-state index contributed by atoms with van der Waals surface area (Å²) < 4.78 is 1.44. The van der Waals surface area contributed by atoms with Crippen LogP contribution in [0.5, 0.6) is 0 Å². The topological polar surface area (TPSA) is 63.5 Å². The molecule has 5 nitrogen and oxygen atoms in total. The Morgan fingerprint density at radius 1 is 1.15 bits per heavy atom. The van der Waals surface area contributed by atoms with E-state index in [1.54, 1.807) is 18.3 Å². The lowest BCUT2D eigenvalue weighted by Gasteiger charge is -2.09. The highest BCUT2D eigenvalue weighted by Gasteiger charge is 2.12. The molecular formula is C21H18ClN3O2. The minimum absolute atomic E-state index is 0.0194. The predicted octanol–water partition coefficient (Wildman–Crippen LogP) is 3.62. The number of pyridine rings is 1. The summed E-state index contributed by atoms with van der Waals surface area (Å²) in [6.45, 7) is 2.26. The van der Waals surface area contributed by atoms with Crippen molar-refractivity contribution >= 4 is 23.7 Å². The molecule has 0 saturated heterocycles. The molecule has 1 N–H and O–H groups in total. The molecule has 1 heterocycles. The molecule has 0 radical (unpaired) electrons. The molecule has 0 unspecified atom stereocenters. The average Bonchev–Trinajstić information content (AvgIpc) is 2.65. The maximum Gasteiger partial charge on any atom is 0.276 e. The molecule has 0 saturated carbocycles. The Bertz CT molecular complexity index is 1060. The van der Waals surface area contributed by atoms with Gasteiger partial charge in [0.25, 0.3) is 11.5 Å². The van der Waals surface area contributed by atoms with E-state index in [1.807, 2.05) is 49.4 Å². The summed E-state index contributed by atoms with van der Waals surface area (Å²) in [5.74, 6) is -0.558. The number of hydrogen-bond acceptors (Lipinski definition) is 3. The number of aryl methyl sites for hydroxylation is 1. The third-order valence-corrected chi connectivity index (χ3v) is 4.35. The third-order valence-electron chi connectivity index (χ3n) is 3.99. The van der Waals surface area contributed by atoms with Gasteiger partial charge in [-0.05, 0) is 36.2 Å². The molecule has 0 spiro atoms.